The van der Waals surface area contributed by atoms with Crippen molar-refractivity contribution in [1.29, 1.82) is 0 Å². The molecule has 27 heavy (non-hydrogen) atoms. The lowest BCUT2D eigenvalue weighted by Gasteiger charge is -2.15. The Labute approximate surface area is 158 Å². The van der Waals surface area contributed by atoms with Crippen LogP contribution >= 0.6 is 12.4 Å². The third kappa shape index (κ3) is 6.42. The minimum atomic E-state index is -4.91. The molecule has 1 aliphatic rings. The average Bonchev–Trinajstić information content (AvgIpc) is 3.00. The fourth-order valence-electron chi connectivity index (χ4n) is 2.84. The van der Waals surface area contributed by atoms with Crippen molar-refractivity contribution >= 4 is 24.4 Å². The van der Waals surface area contributed by atoms with Crippen molar-refractivity contribution in [2.24, 2.45) is 5.92 Å². The predicted octanol–water partition coefficient (Wildman–Crippen LogP) is 4.23. The number of carbonyl (C=O) groups excluding carboxylic acids is 1. The number of nitrogens with zero attached hydrogens (tertiary/aromatic N) is 1. The van der Waals surface area contributed by atoms with E-state index in [-0.39, 0.29) is 30.0 Å². The summed E-state index contributed by atoms with van der Waals surface area (Å²) in [5.74, 6) is -0.155. The number of nitrogens with one attached hydrogen (secondary N) is 1. The van der Waals surface area contributed by atoms with Gasteiger partial charge >= 0.3 is 12.4 Å². The zero-order chi connectivity index (χ0) is 19.5. The number of hydrogen-bond acceptors (Lipinski definition) is 2. The number of hydrogen-bond donors (Lipinski definition) is 1. The van der Waals surface area contributed by atoms with E-state index >= 15 is 0 Å². The molecule has 3 nitrogen and oxygen atoms in total. The lowest BCUT2D eigenvalue weighted by atomic mass is 10.0. The summed E-state index contributed by atoms with van der Waals surface area (Å²) < 4.78 is 76.9. The van der Waals surface area contributed by atoms with E-state index in [4.69, 9.17) is 0 Å². The average molecular weight is 417 g/mol. The Balaban J connectivity index is 0.00000364. The molecule has 152 valence electrons. The van der Waals surface area contributed by atoms with E-state index in [1.165, 1.54) is 4.90 Å². The first-order valence-corrected chi connectivity index (χ1v) is 7.92. The summed E-state index contributed by atoms with van der Waals surface area (Å²) in [6, 6.07) is 1.24. The van der Waals surface area contributed by atoms with Gasteiger partial charge in [-0.25, -0.2) is 0 Å². The molecule has 1 aromatic rings. The van der Waals surface area contributed by atoms with Crippen LogP contribution in [0.5, 0.6) is 0 Å². The maximum Gasteiger partial charge on any atom is 0.416 e. The van der Waals surface area contributed by atoms with Gasteiger partial charge in [-0.3, -0.25) is 4.79 Å². The van der Waals surface area contributed by atoms with Gasteiger partial charge in [-0.15, -0.1) is 12.4 Å². The van der Waals surface area contributed by atoms with Gasteiger partial charge in [-0.2, -0.15) is 26.3 Å². The molecule has 0 radical (unpaired) electrons. The van der Waals surface area contributed by atoms with Crippen molar-refractivity contribution in [2.75, 3.05) is 26.7 Å². The van der Waals surface area contributed by atoms with Crippen LogP contribution in [-0.4, -0.2) is 37.5 Å². The highest BCUT2D eigenvalue weighted by Gasteiger charge is 2.36. The Bertz CT molecular complexity index is 655. The Morgan fingerprint density at radius 3 is 2.19 bits per heavy atom. The van der Waals surface area contributed by atoms with Gasteiger partial charge in [0.1, 0.15) is 0 Å². The Kier molecular flexibility index (Phi) is 7.74. The predicted molar refractivity (Wildman–Crippen MR) is 91.3 cm³/mol. The number of benzene rings is 1. The monoisotopic (exact) mass is 416 g/mol. The summed E-state index contributed by atoms with van der Waals surface area (Å²) in [4.78, 5) is 13.6. The van der Waals surface area contributed by atoms with Crippen molar-refractivity contribution in [3.05, 3.63) is 41.0 Å². The highest BCUT2D eigenvalue weighted by Crippen LogP contribution is 2.36. The van der Waals surface area contributed by atoms with Crippen molar-refractivity contribution < 1.29 is 31.1 Å². The van der Waals surface area contributed by atoms with Crippen molar-refractivity contribution in [1.82, 2.24) is 10.2 Å². The van der Waals surface area contributed by atoms with Gasteiger partial charge in [0, 0.05) is 19.2 Å². The molecule has 1 N–H and O–H groups in total. The van der Waals surface area contributed by atoms with Crippen LogP contribution in [0, 0.1) is 5.92 Å². The van der Waals surface area contributed by atoms with Crippen LogP contribution in [-0.2, 0) is 17.1 Å². The van der Waals surface area contributed by atoms with Crippen molar-refractivity contribution in [3.63, 3.8) is 0 Å². The number of halogens is 7. The Morgan fingerprint density at radius 2 is 1.70 bits per heavy atom. The zero-order valence-corrected chi connectivity index (χ0v) is 15.1. The van der Waals surface area contributed by atoms with Crippen molar-refractivity contribution in [3.8, 4) is 0 Å². The lowest BCUT2D eigenvalue weighted by Crippen LogP contribution is -2.28. The first-order valence-electron chi connectivity index (χ1n) is 7.92. The second-order valence-corrected chi connectivity index (χ2v) is 6.17. The van der Waals surface area contributed by atoms with Crippen LogP contribution in [0.15, 0.2) is 24.3 Å². The van der Waals surface area contributed by atoms with E-state index in [2.05, 4.69) is 5.32 Å². The molecule has 0 aromatic heterocycles. The molecule has 0 aliphatic carbocycles. The minimum absolute atomic E-state index is 0. The van der Waals surface area contributed by atoms with E-state index in [0.29, 0.717) is 25.2 Å². The van der Waals surface area contributed by atoms with Gasteiger partial charge in [0.15, 0.2) is 0 Å². The van der Waals surface area contributed by atoms with Crippen molar-refractivity contribution in [2.45, 2.75) is 18.8 Å². The molecule has 1 amide bonds. The molecule has 0 bridgehead atoms. The molecule has 0 spiro atoms. The van der Waals surface area contributed by atoms with E-state index in [1.807, 2.05) is 0 Å². The fourth-order valence-corrected chi connectivity index (χ4v) is 2.84. The maximum absolute atomic E-state index is 12.8. The molecule has 1 heterocycles. The standard InChI is InChI=1S/C17H18F6N2O.ClH/c1-24-9-12-4-5-25(10-12)15(26)3-2-11-6-13(16(18,19)20)8-14(7-11)17(21,22)23;/h2-3,6-8,12,24H,4-5,9-10H2,1H3;1H/b3-2+;. The third-order valence-electron chi connectivity index (χ3n) is 4.12. The fraction of sp³-hybridized carbons (Fsp3) is 0.471. The number of amides is 1. The first kappa shape index (κ1) is 23.3. The summed E-state index contributed by atoms with van der Waals surface area (Å²) in [7, 11) is 1.79. The van der Waals surface area contributed by atoms with E-state index in [0.717, 1.165) is 25.1 Å². The lowest BCUT2D eigenvalue weighted by molar-refractivity contribution is -0.143. The van der Waals surface area contributed by atoms with Crippen LogP contribution in [0.4, 0.5) is 26.3 Å². The largest absolute Gasteiger partial charge is 0.416 e. The van der Waals surface area contributed by atoms with E-state index in [9.17, 15) is 31.1 Å². The quantitative estimate of drug-likeness (QED) is 0.588. The molecule has 10 heteroatoms. The second-order valence-electron chi connectivity index (χ2n) is 6.17. The second kappa shape index (κ2) is 8.97. The van der Waals surface area contributed by atoms with Gasteiger partial charge in [0.25, 0.3) is 0 Å². The number of carbonyl (C=O) groups is 1. The van der Waals surface area contributed by atoms with Crippen LogP contribution in [0.1, 0.15) is 23.1 Å². The summed E-state index contributed by atoms with van der Waals surface area (Å²) in [6.07, 6.45) is -7.04. The molecule has 0 saturated carbocycles. The number of likely N-dealkylation sites (tertiary alicyclic amines) is 1. The highest BCUT2D eigenvalue weighted by molar-refractivity contribution is 5.92. The topological polar surface area (TPSA) is 32.3 Å². The molecular weight excluding hydrogens is 398 g/mol. The van der Waals surface area contributed by atoms with Gasteiger partial charge in [-0.1, -0.05) is 0 Å². The molecule has 2 rings (SSSR count). The molecule has 1 atom stereocenters. The van der Waals surface area contributed by atoms with Crippen LogP contribution in [0.2, 0.25) is 0 Å². The zero-order valence-electron chi connectivity index (χ0n) is 14.3. The summed E-state index contributed by atoms with van der Waals surface area (Å²) in [5.41, 5.74) is -3.14. The molecule has 1 unspecified atom stereocenters. The van der Waals surface area contributed by atoms with Gasteiger partial charge in [0.2, 0.25) is 5.91 Å². The maximum atomic E-state index is 12.8. The normalized spacial score (nSPS) is 18.0. The molecule has 1 aliphatic heterocycles. The molecule has 1 fully saturated rings. The summed E-state index contributed by atoms with van der Waals surface area (Å²) in [5, 5.41) is 3.00. The van der Waals surface area contributed by atoms with Crippen LogP contribution in [0.3, 0.4) is 0 Å². The SMILES string of the molecule is CNCC1CCN(C(=O)/C=C/c2cc(C(F)(F)F)cc(C(F)(F)F)c2)C1.Cl. The third-order valence-corrected chi connectivity index (χ3v) is 4.12. The smallest absolute Gasteiger partial charge is 0.339 e. The van der Waals surface area contributed by atoms with Crippen LogP contribution in [0.25, 0.3) is 6.08 Å². The molecule has 1 aromatic carbocycles. The van der Waals surface area contributed by atoms with Gasteiger partial charge in [0.05, 0.1) is 11.1 Å². The van der Waals surface area contributed by atoms with Gasteiger partial charge < -0.3 is 10.2 Å². The summed E-state index contributed by atoms with van der Waals surface area (Å²) >= 11 is 0. The number of rotatable bonds is 4. The van der Waals surface area contributed by atoms with E-state index < -0.39 is 29.4 Å². The first-order chi connectivity index (χ1) is 12.0. The van der Waals surface area contributed by atoms with E-state index in [1.54, 1.807) is 7.05 Å². The highest BCUT2D eigenvalue weighted by atomic mass is 35.5. The molecule has 1 saturated heterocycles. The summed E-state index contributed by atoms with van der Waals surface area (Å²) in [6.45, 7) is 1.74. The molecular formula is C17H19ClF6N2O. The van der Waals surface area contributed by atoms with Crippen LogP contribution < -0.4 is 5.32 Å². The van der Waals surface area contributed by atoms with Gasteiger partial charge in [-0.05, 0) is 55.8 Å². The Hall–Kier alpha value is -1.74. The Morgan fingerprint density at radius 1 is 1.15 bits per heavy atom. The number of alkyl halides is 6. The minimum Gasteiger partial charge on any atom is -0.339 e.